The molecule has 2 aromatic rings. The Morgan fingerprint density at radius 3 is 2.20 bits per heavy atom. The van der Waals surface area contributed by atoms with Gasteiger partial charge in [-0.05, 0) is 12.1 Å². The Morgan fingerprint density at radius 1 is 0.950 bits per heavy atom. The third-order valence-electron chi connectivity index (χ3n) is 2.30. The van der Waals surface area contributed by atoms with Gasteiger partial charge in [0, 0.05) is 12.1 Å². The lowest BCUT2D eigenvalue weighted by Gasteiger charge is -2.06. The number of rotatable bonds is 4. The Bertz CT molecular complexity index is 532. The third-order valence-corrected chi connectivity index (χ3v) is 2.68. The second kappa shape index (κ2) is 9.78. The summed E-state index contributed by atoms with van der Waals surface area (Å²) in [7, 11) is 0. The first-order valence-electron chi connectivity index (χ1n) is 6.44. The van der Waals surface area contributed by atoms with Crippen LogP contribution < -0.4 is 9.65 Å². The summed E-state index contributed by atoms with van der Waals surface area (Å²) in [6.07, 6.45) is 1.92. The monoisotopic (exact) mass is 396 g/mol. The van der Waals surface area contributed by atoms with Crippen molar-refractivity contribution in [3.05, 3.63) is 60.2 Å². The number of halogens is 2. The molecule has 2 rings (SSSR count). The molecule has 104 valence electrons. The van der Waals surface area contributed by atoms with Crippen LogP contribution in [0.4, 0.5) is 5.69 Å². The summed E-state index contributed by atoms with van der Waals surface area (Å²) < 4.78 is 5.40. The van der Waals surface area contributed by atoms with Crippen molar-refractivity contribution in [2.75, 3.05) is 0 Å². The first-order valence-corrected chi connectivity index (χ1v) is 8.27. The van der Waals surface area contributed by atoms with Crippen molar-refractivity contribution in [3.8, 4) is 5.75 Å². The van der Waals surface area contributed by atoms with Crippen molar-refractivity contribution in [1.29, 1.82) is 0 Å². The molecule has 0 aromatic heterocycles. The van der Waals surface area contributed by atoms with Crippen molar-refractivity contribution in [2.45, 2.75) is 13.8 Å². The van der Waals surface area contributed by atoms with Crippen molar-refractivity contribution in [1.82, 2.24) is 0 Å². The van der Waals surface area contributed by atoms with Gasteiger partial charge in [0.2, 0.25) is 5.69 Å². The molecule has 0 unspecified atom stereocenters. The van der Waals surface area contributed by atoms with Crippen LogP contribution >= 0.6 is 31.5 Å². The van der Waals surface area contributed by atoms with E-state index < -0.39 is 0 Å². The van der Waals surface area contributed by atoms with Gasteiger partial charge in [-0.3, -0.25) is 0 Å². The number of hydrogen-bond acceptors (Lipinski definition) is 1. The van der Waals surface area contributed by atoms with Gasteiger partial charge < -0.3 is 4.65 Å². The molecule has 0 fully saturated rings. The Morgan fingerprint density at radius 2 is 1.55 bits per heavy atom. The normalized spacial score (nSPS) is 9.80. The van der Waals surface area contributed by atoms with E-state index in [1.54, 1.807) is 0 Å². The van der Waals surface area contributed by atoms with E-state index >= 15 is 0 Å². The molecule has 0 bridgehead atoms. The van der Waals surface area contributed by atoms with Crippen molar-refractivity contribution >= 4 is 48.0 Å². The summed E-state index contributed by atoms with van der Waals surface area (Å²) >= 11 is 6.60. The molecule has 0 aliphatic carbocycles. The van der Waals surface area contributed by atoms with E-state index in [0.29, 0.717) is 0 Å². The van der Waals surface area contributed by atoms with Gasteiger partial charge in [0.1, 0.15) is 5.75 Å². The second-order valence-corrected chi connectivity index (χ2v) is 6.46. The van der Waals surface area contributed by atoms with E-state index in [1.165, 1.54) is 0 Å². The highest BCUT2D eigenvalue weighted by atomic mass is 79.9. The highest BCUT2D eigenvalue weighted by molar-refractivity contribution is 9.48. The van der Waals surface area contributed by atoms with Gasteiger partial charge in [0.15, 0.2) is 6.21 Å². The maximum absolute atomic E-state index is 5.60. The predicted octanol–water partition coefficient (Wildman–Crippen LogP) is 3.70. The largest absolute Gasteiger partial charge is 0.541 e. The second-order valence-electron chi connectivity index (χ2n) is 3.57. The molecule has 0 aliphatic rings. The summed E-state index contributed by atoms with van der Waals surface area (Å²) in [5, 5.41) is 0. The van der Waals surface area contributed by atoms with Crippen molar-refractivity contribution < 1.29 is 9.65 Å². The summed E-state index contributed by atoms with van der Waals surface area (Å²) in [6, 6.07) is 17.8. The van der Waals surface area contributed by atoms with Crippen LogP contribution in [0.5, 0.6) is 5.75 Å². The number of para-hydroxylation sites is 2. The molecule has 1 N–H and O–H groups in total. The number of nitrogens with one attached hydrogen (secondary N) is 1. The van der Waals surface area contributed by atoms with E-state index in [4.69, 9.17) is 4.65 Å². The van der Waals surface area contributed by atoms with Crippen LogP contribution in [0.3, 0.4) is 0 Å². The lowest BCUT2D eigenvalue weighted by molar-refractivity contribution is -0.346. The highest BCUT2D eigenvalue weighted by Crippen LogP contribution is 2.19. The Hall–Kier alpha value is -1.07. The lowest BCUT2D eigenvalue weighted by Crippen LogP contribution is -2.61. The van der Waals surface area contributed by atoms with Gasteiger partial charge in [-0.2, -0.15) is 0 Å². The average molecular weight is 398 g/mol. The van der Waals surface area contributed by atoms with Crippen LogP contribution in [0.1, 0.15) is 19.4 Å². The standard InChI is InChI=1S/C13H10BBr2NO.C2H6/c15-14(16)18-13-9-5-4-6-11(13)10-17-12-7-2-1-3-8-12;1-2/h1-10H;1-2H3/p+1. The molecular weight excluding hydrogens is 381 g/mol. The van der Waals surface area contributed by atoms with Crippen LogP contribution in [0.2, 0.25) is 0 Å². The van der Waals surface area contributed by atoms with Gasteiger partial charge in [-0.25, -0.2) is 4.99 Å². The fourth-order valence-corrected chi connectivity index (χ4v) is 1.90. The van der Waals surface area contributed by atoms with Gasteiger partial charge in [0.05, 0.1) is 5.56 Å². The average Bonchev–Trinajstić information content (AvgIpc) is 2.49. The van der Waals surface area contributed by atoms with Crippen LogP contribution in [-0.2, 0) is 0 Å². The summed E-state index contributed by atoms with van der Waals surface area (Å²) in [5.41, 5.74) is 2.03. The molecule has 5 heteroatoms. The number of benzene rings is 2. The minimum atomic E-state index is -0.198. The Labute approximate surface area is 137 Å². The van der Waals surface area contributed by atoms with Crippen molar-refractivity contribution in [3.63, 3.8) is 0 Å². The smallest absolute Gasteiger partial charge is 0.514 e. The number of hydrogen-bond donors (Lipinski definition) is 1. The lowest BCUT2D eigenvalue weighted by atomic mass is 10.2. The van der Waals surface area contributed by atoms with E-state index in [-0.39, 0.29) is 4.56 Å². The highest BCUT2D eigenvalue weighted by Gasteiger charge is 2.10. The molecule has 0 amide bonds. The molecule has 0 atom stereocenters. The maximum atomic E-state index is 5.60. The van der Waals surface area contributed by atoms with Crippen LogP contribution in [0.25, 0.3) is 0 Å². The van der Waals surface area contributed by atoms with E-state index in [9.17, 15) is 0 Å². The van der Waals surface area contributed by atoms with E-state index in [2.05, 4.69) is 36.5 Å². The van der Waals surface area contributed by atoms with Crippen LogP contribution in [-0.4, -0.2) is 10.8 Å². The van der Waals surface area contributed by atoms with Gasteiger partial charge in [-0.1, -0.05) is 75.7 Å². The zero-order chi connectivity index (χ0) is 14.8. The summed E-state index contributed by atoms with van der Waals surface area (Å²) in [5.74, 6) is 0.805. The third kappa shape index (κ3) is 5.93. The van der Waals surface area contributed by atoms with Gasteiger partial charge >= 0.3 is 4.56 Å². The minimum Gasteiger partial charge on any atom is -0.541 e. The van der Waals surface area contributed by atoms with Gasteiger partial charge in [-0.15, -0.1) is 0 Å². The Balaban J connectivity index is 0.000000956. The summed E-state index contributed by atoms with van der Waals surface area (Å²) in [4.78, 5) is 3.24. The topological polar surface area (TPSA) is 23.2 Å². The molecule has 0 aliphatic heterocycles. The van der Waals surface area contributed by atoms with Crippen LogP contribution in [0.15, 0.2) is 54.6 Å². The van der Waals surface area contributed by atoms with E-state index in [1.807, 2.05) is 74.7 Å². The molecule has 2 nitrogen and oxygen atoms in total. The first-order chi connectivity index (χ1) is 9.75. The predicted molar refractivity (Wildman–Crippen MR) is 94.3 cm³/mol. The molecule has 0 saturated heterocycles. The zero-order valence-electron chi connectivity index (χ0n) is 11.5. The SMILES string of the molecule is BrB(Br)Oc1ccccc1C=[NH+]c1ccccc1.CC. The molecule has 0 spiro atoms. The fraction of sp³-hybridized carbons (Fsp3) is 0.133. The molecule has 0 radical (unpaired) electrons. The molecule has 20 heavy (non-hydrogen) atoms. The van der Waals surface area contributed by atoms with Crippen LogP contribution in [0, 0.1) is 0 Å². The quantitative estimate of drug-likeness (QED) is 0.617. The Kier molecular flexibility index (Phi) is 8.31. The zero-order valence-corrected chi connectivity index (χ0v) is 14.7. The van der Waals surface area contributed by atoms with Crippen molar-refractivity contribution in [2.24, 2.45) is 0 Å². The molecule has 0 heterocycles. The minimum absolute atomic E-state index is 0.198. The summed E-state index contributed by atoms with van der Waals surface area (Å²) in [6.45, 7) is 4.00. The molecular formula is C15H17BBr2NO+. The first kappa shape index (κ1) is 17.0. The maximum Gasteiger partial charge on any atom is 0.514 e. The fourth-order valence-electron chi connectivity index (χ4n) is 1.50. The van der Waals surface area contributed by atoms with E-state index in [0.717, 1.165) is 17.0 Å². The molecule has 2 aromatic carbocycles. The molecule has 0 saturated carbocycles. The van der Waals surface area contributed by atoms with Gasteiger partial charge in [0.25, 0.3) is 0 Å².